The van der Waals surface area contributed by atoms with Gasteiger partial charge in [-0.25, -0.2) is 4.98 Å². The zero-order valence-corrected chi connectivity index (χ0v) is 9.98. The van der Waals surface area contributed by atoms with Gasteiger partial charge in [-0.15, -0.1) is 0 Å². The maximum Gasteiger partial charge on any atom is 0.139 e. The van der Waals surface area contributed by atoms with E-state index in [1.54, 1.807) is 12.3 Å². The van der Waals surface area contributed by atoms with Crippen LogP contribution in [0.5, 0.6) is 0 Å². The second-order valence-corrected chi connectivity index (χ2v) is 5.05. The van der Waals surface area contributed by atoms with Crippen LogP contribution in [0.25, 0.3) is 0 Å². The summed E-state index contributed by atoms with van der Waals surface area (Å²) in [6.45, 7) is 0. The maximum atomic E-state index is 11.9. The standard InChI is InChI=1S/C13H19N3O/c14-12-8-10(3-6-16-12)7-11(17)9-13(15)4-1-2-5-13/h3,6,8H,1-2,4-5,7,9,15H2,(H2,14,16). The van der Waals surface area contributed by atoms with Crippen molar-refractivity contribution in [1.82, 2.24) is 4.98 Å². The number of anilines is 1. The summed E-state index contributed by atoms with van der Waals surface area (Å²) >= 11 is 0. The average molecular weight is 233 g/mol. The number of hydrogen-bond acceptors (Lipinski definition) is 4. The number of carbonyl (C=O) groups is 1. The van der Waals surface area contributed by atoms with Crippen molar-refractivity contribution in [3.8, 4) is 0 Å². The highest BCUT2D eigenvalue weighted by molar-refractivity contribution is 5.82. The lowest BCUT2D eigenvalue weighted by molar-refractivity contribution is -0.119. The van der Waals surface area contributed by atoms with E-state index in [9.17, 15) is 4.79 Å². The van der Waals surface area contributed by atoms with Crippen LogP contribution in [0.2, 0.25) is 0 Å². The molecule has 1 aliphatic rings. The Labute approximate surface area is 101 Å². The minimum absolute atomic E-state index is 0.194. The highest BCUT2D eigenvalue weighted by Crippen LogP contribution is 2.30. The number of ketones is 1. The molecule has 1 aromatic rings. The van der Waals surface area contributed by atoms with E-state index < -0.39 is 0 Å². The van der Waals surface area contributed by atoms with Crippen LogP contribution in [0.3, 0.4) is 0 Å². The SMILES string of the molecule is Nc1cc(CC(=O)CC2(N)CCCC2)ccn1. The molecule has 0 amide bonds. The van der Waals surface area contributed by atoms with Gasteiger partial charge in [-0.05, 0) is 30.5 Å². The quantitative estimate of drug-likeness (QED) is 0.824. The van der Waals surface area contributed by atoms with Gasteiger partial charge in [0, 0.05) is 24.6 Å². The van der Waals surface area contributed by atoms with Crippen molar-refractivity contribution >= 4 is 11.6 Å². The molecule has 0 aromatic carbocycles. The lowest BCUT2D eigenvalue weighted by Gasteiger charge is -2.22. The summed E-state index contributed by atoms with van der Waals surface area (Å²) in [6, 6.07) is 3.57. The number of nitrogen functional groups attached to an aromatic ring is 1. The van der Waals surface area contributed by atoms with Gasteiger partial charge in [-0.2, -0.15) is 0 Å². The molecule has 4 nitrogen and oxygen atoms in total. The summed E-state index contributed by atoms with van der Waals surface area (Å²) in [5.41, 5.74) is 12.4. The molecule has 1 heterocycles. The van der Waals surface area contributed by atoms with E-state index in [1.807, 2.05) is 6.07 Å². The van der Waals surface area contributed by atoms with Crippen molar-refractivity contribution in [2.75, 3.05) is 5.73 Å². The Hall–Kier alpha value is -1.42. The molecule has 0 saturated heterocycles. The number of rotatable bonds is 4. The largest absolute Gasteiger partial charge is 0.384 e. The van der Waals surface area contributed by atoms with Crippen molar-refractivity contribution < 1.29 is 4.79 Å². The van der Waals surface area contributed by atoms with Crippen molar-refractivity contribution in [3.05, 3.63) is 23.9 Å². The Morgan fingerprint density at radius 1 is 1.41 bits per heavy atom. The van der Waals surface area contributed by atoms with Crippen LogP contribution in [-0.2, 0) is 11.2 Å². The fourth-order valence-corrected chi connectivity index (χ4v) is 2.54. The third-order valence-corrected chi connectivity index (χ3v) is 3.40. The van der Waals surface area contributed by atoms with Crippen LogP contribution in [0.1, 0.15) is 37.7 Å². The van der Waals surface area contributed by atoms with E-state index in [1.165, 1.54) is 0 Å². The molecule has 1 saturated carbocycles. The predicted molar refractivity (Wildman–Crippen MR) is 67.4 cm³/mol. The number of nitrogens with zero attached hydrogens (tertiary/aromatic N) is 1. The van der Waals surface area contributed by atoms with Gasteiger partial charge >= 0.3 is 0 Å². The molecular formula is C13H19N3O. The molecule has 0 atom stereocenters. The van der Waals surface area contributed by atoms with Crippen LogP contribution >= 0.6 is 0 Å². The predicted octanol–water partition coefficient (Wildman–Crippen LogP) is 1.44. The Kier molecular flexibility index (Phi) is 3.43. The lowest BCUT2D eigenvalue weighted by atomic mass is 9.90. The Morgan fingerprint density at radius 2 is 2.12 bits per heavy atom. The highest BCUT2D eigenvalue weighted by Gasteiger charge is 2.31. The molecule has 0 aliphatic heterocycles. The Morgan fingerprint density at radius 3 is 2.76 bits per heavy atom. The van der Waals surface area contributed by atoms with E-state index in [0.717, 1.165) is 31.2 Å². The number of carbonyl (C=O) groups excluding carboxylic acids is 1. The fourth-order valence-electron chi connectivity index (χ4n) is 2.54. The van der Waals surface area contributed by atoms with Crippen LogP contribution in [-0.4, -0.2) is 16.3 Å². The second kappa shape index (κ2) is 4.84. The molecule has 1 fully saturated rings. The van der Waals surface area contributed by atoms with Crippen LogP contribution in [0.15, 0.2) is 18.3 Å². The summed E-state index contributed by atoms with van der Waals surface area (Å²) in [5, 5.41) is 0. The van der Waals surface area contributed by atoms with Gasteiger partial charge in [0.05, 0.1) is 0 Å². The molecule has 4 heteroatoms. The van der Waals surface area contributed by atoms with Crippen LogP contribution < -0.4 is 11.5 Å². The number of pyridine rings is 1. The van der Waals surface area contributed by atoms with Crippen LogP contribution in [0, 0.1) is 0 Å². The van der Waals surface area contributed by atoms with Gasteiger partial charge in [-0.3, -0.25) is 4.79 Å². The molecule has 0 radical (unpaired) electrons. The molecule has 17 heavy (non-hydrogen) atoms. The third-order valence-electron chi connectivity index (χ3n) is 3.40. The minimum Gasteiger partial charge on any atom is -0.384 e. The summed E-state index contributed by atoms with van der Waals surface area (Å²) in [4.78, 5) is 15.8. The molecule has 2 rings (SSSR count). The van der Waals surface area contributed by atoms with Gasteiger partial charge < -0.3 is 11.5 Å². The highest BCUT2D eigenvalue weighted by atomic mass is 16.1. The summed E-state index contributed by atoms with van der Waals surface area (Å²) in [6.07, 6.45) is 6.75. The van der Waals surface area contributed by atoms with Crippen LogP contribution in [0.4, 0.5) is 5.82 Å². The summed E-state index contributed by atoms with van der Waals surface area (Å²) in [5.74, 6) is 0.652. The van der Waals surface area contributed by atoms with Gasteiger partial charge in [-0.1, -0.05) is 12.8 Å². The Balaban J connectivity index is 1.93. The first kappa shape index (κ1) is 12.0. The molecular weight excluding hydrogens is 214 g/mol. The van der Waals surface area contributed by atoms with Gasteiger partial charge in [0.1, 0.15) is 11.6 Å². The first-order valence-corrected chi connectivity index (χ1v) is 6.08. The average Bonchev–Trinajstić information content (AvgIpc) is 2.64. The van der Waals surface area contributed by atoms with Crippen molar-refractivity contribution in [1.29, 1.82) is 0 Å². The minimum atomic E-state index is -0.254. The van der Waals surface area contributed by atoms with Gasteiger partial charge in [0.2, 0.25) is 0 Å². The lowest BCUT2D eigenvalue weighted by Crippen LogP contribution is -2.39. The van der Waals surface area contributed by atoms with Crippen molar-refractivity contribution in [3.63, 3.8) is 0 Å². The third kappa shape index (κ3) is 3.27. The monoisotopic (exact) mass is 233 g/mol. The van der Waals surface area contributed by atoms with E-state index >= 15 is 0 Å². The Bertz CT molecular complexity index is 411. The summed E-state index contributed by atoms with van der Waals surface area (Å²) in [7, 11) is 0. The number of nitrogens with two attached hydrogens (primary N) is 2. The normalized spacial score (nSPS) is 18.2. The zero-order chi connectivity index (χ0) is 12.3. The number of aromatic nitrogens is 1. The van der Waals surface area contributed by atoms with Crippen molar-refractivity contribution in [2.45, 2.75) is 44.1 Å². The van der Waals surface area contributed by atoms with E-state index in [-0.39, 0.29) is 11.3 Å². The van der Waals surface area contributed by atoms with E-state index in [4.69, 9.17) is 11.5 Å². The zero-order valence-electron chi connectivity index (χ0n) is 9.98. The molecule has 92 valence electrons. The maximum absolute atomic E-state index is 11.9. The number of hydrogen-bond donors (Lipinski definition) is 2. The molecule has 1 aliphatic carbocycles. The van der Waals surface area contributed by atoms with Gasteiger partial charge in [0.15, 0.2) is 0 Å². The molecule has 0 unspecified atom stereocenters. The number of Topliss-reactive ketones (excluding diaryl/α,β-unsaturated/α-hetero) is 1. The van der Waals surface area contributed by atoms with E-state index in [0.29, 0.717) is 18.7 Å². The van der Waals surface area contributed by atoms with E-state index in [2.05, 4.69) is 4.98 Å². The van der Waals surface area contributed by atoms with Crippen molar-refractivity contribution in [2.24, 2.45) is 5.73 Å². The molecule has 4 N–H and O–H groups in total. The fraction of sp³-hybridized carbons (Fsp3) is 0.538. The molecule has 0 spiro atoms. The topological polar surface area (TPSA) is 82.0 Å². The van der Waals surface area contributed by atoms with Gasteiger partial charge in [0.25, 0.3) is 0 Å². The first-order valence-electron chi connectivity index (χ1n) is 6.08. The molecule has 1 aromatic heterocycles. The second-order valence-electron chi connectivity index (χ2n) is 5.05. The summed E-state index contributed by atoms with van der Waals surface area (Å²) < 4.78 is 0. The molecule has 0 bridgehead atoms. The smallest absolute Gasteiger partial charge is 0.139 e. The first-order chi connectivity index (χ1) is 8.07.